The molecule has 0 bridgehead atoms. The number of benzene rings is 5. The van der Waals surface area contributed by atoms with E-state index in [0.717, 1.165) is 0 Å². The van der Waals surface area contributed by atoms with E-state index < -0.39 is 0 Å². The highest BCUT2D eigenvalue weighted by Crippen LogP contribution is 2.39. The van der Waals surface area contributed by atoms with Gasteiger partial charge in [-0.05, 0) is 92.0 Å². The molecule has 0 saturated carbocycles. The van der Waals surface area contributed by atoms with Gasteiger partial charge in [0.15, 0.2) is 0 Å². The summed E-state index contributed by atoms with van der Waals surface area (Å²) in [5, 5.41) is 7.88. The Morgan fingerprint density at radius 1 is 0.344 bits per heavy atom. The molecule has 0 radical (unpaired) electrons. The topological polar surface area (TPSA) is 0 Å². The van der Waals surface area contributed by atoms with E-state index in [1.165, 1.54) is 62.6 Å². The van der Waals surface area contributed by atoms with Crippen LogP contribution < -0.4 is 0 Å². The Morgan fingerprint density at radius 3 is 1.16 bits per heavy atom. The molecule has 7 rings (SSSR count). The fraction of sp³-hybridized carbons (Fsp3) is 0. The van der Waals surface area contributed by atoms with Crippen LogP contribution in [0.2, 0.25) is 0 Å². The van der Waals surface area contributed by atoms with Crippen molar-refractivity contribution in [1.82, 2.24) is 0 Å². The van der Waals surface area contributed by atoms with Crippen LogP contribution in [0.15, 0.2) is 109 Å². The molecule has 0 nitrogen and oxygen atoms in total. The van der Waals surface area contributed by atoms with Gasteiger partial charge in [-0.3, -0.25) is 0 Å². The van der Waals surface area contributed by atoms with Crippen molar-refractivity contribution < 1.29 is 0 Å². The number of rotatable bonds is 2. The molecular formula is C30H18S2. The first-order valence-corrected chi connectivity index (χ1v) is 12.4. The molecule has 0 N–H and O–H groups in total. The maximum Gasteiger partial charge on any atom is 0.0355 e. The SMILES string of the molecule is c1ccc(-c2cc3cc4cc5cc6sc(-c7ccccc7)cc6cc5cc4cc3s2)cc1. The average Bonchev–Trinajstić information content (AvgIpc) is 3.44. The van der Waals surface area contributed by atoms with E-state index in [4.69, 9.17) is 0 Å². The highest BCUT2D eigenvalue weighted by Gasteiger charge is 2.09. The summed E-state index contributed by atoms with van der Waals surface area (Å²) < 4.78 is 2.69. The van der Waals surface area contributed by atoms with E-state index in [-0.39, 0.29) is 0 Å². The van der Waals surface area contributed by atoms with Crippen molar-refractivity contribution >= 4 is 64.4 Å². The first-order valence-electron chi connectivity index (χ1n) is 10.8. The third-order valence-corrected chi connectivity index (χ3v) is 8.48. The lowest BCUT2D eigenvalue weighted by atomic mass is 10.0. The standard InChI is InChI=1S/C30H18S2/c1-3-7-19(8-4-1)27-17-25-13-21-11-24-16-30-26(14-22(24)12-23(21)15-29(25)31-27)18-28(32-30)20-9-5-2-6-10-20/h1-18H. The monoisotopic (exact) mass is 442 g/mol. The van der Waals surface area contributed by atoms with Crippen molar-refractivity contribution in [1.29, 1.82) is 0 Å². The molecule has 0 saturated heterocycles. The summed E-state index contributed by atoms with van der Waals surface area (Å²) in [6.07, 6.45) is 0. The van der Waals surface area contributed by atoms with Crippen LogP contribution in [0.3, 0.4) is 0 Å². The van der Waals surface area contributed by atoms with Gasteiger partial charge in [0.1, 0.15) is 0 Å². The molecule has 0 amide bonds. The van der Waals surface area contributed by atoms with Crippen molar-refractivity contribution in [3.05, 3.63) is 109 Å². The number of fused-ring (bicyclic) bond motifs is 4. The minimum atomic E-state index is 1.29. The Balaban J connectivity index is 1.40. The summed E-state index contributed by atoms with van der Waals surface area (Å²) in [6, 6.07) is 40.1. The molecule has 2 heterocycles. The molecule has 0 unspecified atom stereocenters. The van der Waals surface area contributed by atoms with Crippen LogP contribution in [0.4, 0.5) is 0 Å². The zero-order valence-electron chi connectivity index (χ0n) is 17.2. The minimum Gasteiger partial charge on any atom is -0.135 e. The van der Waals surface area contributed by atoms with Gasteiger partial charge in [0.05, 0.1) is 0 Å². The largest absolute Gasteiger partial charge is 0.135 e. The van der Waals surface area contributed by atoms with E-state index in [9.17, 15) is 0 Å². The third-order valence-electron chi connectivity index (χ3n) is 6.18. The highest BCUT2D eigenvalue weighted by atomic mass is 32.1. The number of hydrogen-bond donors (Lipinski definition) is 0. The van der Waals surface area contributed by atoms with Gasteiger partial charge in [0, 0.05) is 19.2 Å². The molecule has 0 aliphatic heterocycles. The van der Waals surface area contributed by atoms with Gasteiger partial charge in [-0.15, -0.1) is 22.7 Å². The quantitative estimate of drug-likeness (QED) is 0.234. The molecule has 0 fully saturated rings. The summed E-state index contributed by atoms with van der Waals surface area (Å²) in [5.41, 5.74) is 2.58. The summed E-state index contributed by atoms with van der Waals surface area (Å²) in [4.78, 5) is 2.66. The normalized spacial score (nSPS) is 11.8. The van der Waals surface area contributed by atoms with Gasteiger partial charge in [0.25, 0.3) is 0 Å². The molecule has 7 aromatic rings. The van der Waals surface area contributed by atoms with Crippen molar-refractivity contribution in [3.8, 4) is 20.9 Å². The lowest BCUT2D eigenvalue weighted by Crippen LogP contribution is -1.77. The second kappa shape index (κ2) is 7.03. The number of hydrogen-bond acceptors (Lipinski definition) is 2. The van der Waals surface area contributed by atoms with Gasteiger partial charge in [-0.1, -0.05) is 60.7 Å². The molecule has 0 aliphatic carbocycles. The van der Waals surface area contributed by atoms with Crippen LogP contribution in [0.1, 0.15) is 0 Å². The molecule has 32 heavy (non-hydrogen) atoms. The van der Waals surface area contributed by atoms with Gasteiger partial charge in [-0.25, -0.2) is 0 Å². The van der Waals surface area contributed by atoms with Crippen molar-refractivity contribution in [3.63, 3.8) is 0 Å². The van der Waals surface area contributed by atoms with Crippen molar-refractivity contribution in [2.24, 2.45) is 0 Å². The molecular weight excluding hydrogens is 424 g/mol. The summed E-state index contributed by atoms with van der Waals surface area (Å²) in [7, 11) is 0. The van der Waals surface area contributed by atoms with Crippen molar-refractivity contribution in [2.45, 2.75) is 0 Å². The molecule has 2 aromatic heterocycles. The van der Waals surface area contributed by atoms with Crippen LogP contribution in [0, 0.1) is 0 Å². The Labute approximate surface area is 194 Å². The second-order valence-electron chi connectivity index (χ2n) is 8.28. The summed E-state index contributed by atoms with van der Waals surface area (Å²) in [5.74, 6) is 0. The van der Waals surface area contributed by atoms with Gasteiger partial charge in [0.2, 0.25) is 0 Å². The summed E-state index contributed by atoms with van der Waals surface area (Å²) >= 11 is 3.75. The first-order chi connectivity index (χ1) is 15.8. The van der Waals surface area contributed by atoms with Crippen LogP contribution >= 0.6 is 22.7 Å². The van der Waals surface area contributed by atoms with E-state index in [1.54, 1.807) is 0 Å². The number of thiophene rings is 2. The molecule has 2 heteroatoms. The lowest BCUT2D eigenvalue weighted by molar-refractivity contribution is 1.70. The van der Waals surface area contributed by atoms with Crippen molar-refractivity contribution in [2.75, 3.05) is 0 Å². The first kappa shape index (κ1) is 18.1. The average molecular weight is 443 g/mol. The Morgan fingerprint density at radius 2 is 0.719 bits per heavy atom. The highest BCUT2D eigenvalue weighted by molar-refractivity contribution is 7.22. The van der Waals surface area contributed by atoms with E-state index in [2.05, 4.69) is 109 Å². The predicted molar refractivity (Wildman–Crippen MR) is 143 cm³/mol. The van der Waals surface area contributed by atoms with Gasteiger partial charge < -0.3 is 0 Å². The maximum absolute atomic E-state index is 2.36. The Hall–Kier alpha value is -3.46. The predicted octanol–water partition coefficient (Wildman–Crippen LogP) is 9.76. The molecule has 0 spiro atoms. The van der Waals surface area contributed by atoms with Gasteiger partial charge in [-0.2, -0.15) is 0 Å². The summed E-state index contributed by atoms with van der Waals surface area (Å²) in [6.45, 7) is 0. The fourth-order valence-corrected chi connectivity index (χ4v) is 6.76. The zero-order valence-corrected chi connectivity index (χ0v) is 18.8. The Bertz CT molecular complexity index is 1530. The van der Waals surface area contributed by atoms with E-state index >= 15 is 0 Å². The maximum atomic E-state index is 2.36. The molecule has 0 aliphatic rings. The molecule has 150 valence electrons. The van der Waals surface area contributed by atoms with Crippen LogP contribution in [-0.2, 0) is 0 Å². The zero-order chi connectivity index (χ0) is 21.1. The smallest absolute Gasteiger partial charge is 0.0355 e. The van der Waals surface area contributed by atoms with Gasteiger partial charge >= 0.3 is 0 Å². The van der Waals surface area contributed by atoms with E-state index in [0.29, 0.717) is 0 Å². The van der Waals surface area contributed by atoms with E-state index in [1.807, 2.05) is 22.7 Å². The molecule has 0 atom stereocenters. The van der Waals surface area contributed by atoms with Crippen LogP contribution in [-0.4, -0.2) is 0 Å². The molecule has 5 aromatic carbocycles. The minimum absolute atomic E-state index is 1.29. The lowest BCUT2D eigenvalue weighted by Gasteiger charge is -2.04. The fourth-order valence-electron chi connectivity index (χ4n) is 4.56. The van der Waals surface area contributed by atoms with Crippen LogP contribution in [0.25, 0.3) is 62.6 Å². The third kappa shape index (κ3) is 2.96. The Kier molecular flexibility index (Phi) is 3.98. The van der Waals surface area contributed by atoms with Crippen LogP contribution in [0.5, 0.6) is 0 Å². The second-order valence-corrected chi connectivity index (χ2v) is 10.4.